The lowest BCUT2D eigenvalue weighted by atomic mass is 10.2. The molecule has 2 bridgehead atoms. The first-order valence-electron chi connectivity index (χ1n) is 6.39. The zero-order valence-corrected chi connectivity index (χ0v) is 11.6. The number of rotatable bonds is 3. The highest BCUT2D eigenvalue weighted by atomic mass is 32.2. The summed E-state index contributed by atoms with van der Waals surface area (Å²) >= 11 is 0. The van der Waals surface area contributed by atoms with Crippen LogP contribution < -0.4 is 5.32 Å². The average Bonchev–Trinajstić information content (AvgIpc) is 2.77. The quantitative estimate of drug-likeness (QED) is 0.883. The second-order valence-corrected chi connectivity index (χ2v) is 6.79. The van der Waals surface area contributed by atoms with Crippen LogP contribution in [0.5, 0.6) is 0 Å². The third-order valence-corrected chi connectivity index (χ3v) is 5.50. The Labute approximate surface area is 112 Å². The molecular weight excluding hydrogens is 266 g/mol. The molecule has 0 saturated carbocycles. The van der Waals surface area contributed by atoms with Crippen LogP contribution in [0.25, 0.3) is 0 Å². The Morgan fingerprint density at radius 3 is 2.68 bits per heavy atom. The van der Waals surface area contributed by atoms with Crippen molar-refractivity contribution in [3.63, 3.8) is 0 Å². The van der Waals surface area contributed by atoms with Crippen LogP contribution in [0.3, 0.4) is 0 Å². The van der Waals surface area contributed by atoms with Crippen molar-refractivity contribution >= 4 is 15.8 Å². The third kappa shape index (κ3) is 2.22. The standard InChI is InChI=1S/C12H17N3O3S/c1-13-12-11(3-2-6-14-12)19(16,17)15-7-9-4-5-10(8-15)18-9/h2-3,6,9-10H,4-5,7-8H2,1H3,(H,13,14). The molecule has 6 nitrogen and oxygen atoms in total. The van der Waals surface area contributed by atoms with E-state index in [0.717, 1.165) is 12.8 Å². The second-order valence-electron chi connectivity index (χ2n) is 4.88. The van der Waals surface area contributed by atoms with Crippen LogP contribution in [0.15, 0.2) is 23.2 Å². The molecule has 2 atom stereocenters. The lowest BCUT2D eigenvalue weighted by molar-refractivity contribution is -0.0114. The monoisotopic (exact) mass is 283 g/mol. The van der Waals surface area contributed by atoms with Gasteiger partial charge in [0.1, 0.15) is 10.7 Å². The van der Waals surface area contributed by atoms with E-state index in [1.165, 1.54) is 4.31 Å². The van der Waals surface area contributed by atoms with Crippen molar-refractivity contribution in [2.75, 3.05) is 25.5 Å². The molecule has 0 aliphatic carbocycles. The van der Waals surface area contributed by atoms with E-state index < -0.39 is 10.0 Å². The summed E-state index contributed by atoms with van der Waals surface area (Å²) in [7, 11) is -1.83. The van der Waals surface area contributed by atoms with Crippen molar-refractivity contribution in [3.05, 3.63) is 18.3 Å². The molecule has 3 heterocycles. The molecular formula is C12H17N3O3S. The molecule has 2 aliphatic rings. The Bertz CT molecular complexity index is 563. The zero-order chi connectivity index (χ0) is 13.5. The number of nitrogens with one attached hydrogen (secondary N) is 1. The first-order valence-corrected chi connectivity index (χ1v) is 7.83. The van der Waals surface area contributed by atoms with Gasteiger partial charge in [0.25, 0.3) is 0 Å². The van der Waals surface area contributed by atoms with Gasteiger partial charge in [0.2, 0.25) is 10.0 Å². The number of fused-ring (bicyclic) bond motifs is 2. The van der Waals surface area contributed by atoms with Gasteiger partial charge >= 0.3 is 0 Å². The summed E-state index contributed by atoms with van der Waals surface area (Å²) in [5, 5.41) is 2.83. The summed E-state index contributed by atoms with van der Waals surface area (Å²) < 4.78 is 32.6. The summed E-state index contributed by atoms with van der Waals surface area (Å²) in [5.74, 6) is 0.390. The van der Waals surface area contributed by atoms with Gasteiger partial charge in [0.15, 0.2) is 0 Å². The van der Waals surface area contributed by atoms with Crippen LogP contribution >= 0.6 is 0 Å². The number of sulfonamides is 1. The van der Waals surface area contributed by atoms with E-state index in [0.29, 0.717) is 18.9 Å². The zero-order valence-electron chi connectivity index (χ0n) is 10.7. The van der Waals surface area contributed by atoms with Crippen molar-refractivity contribution in [2.24, 2.45) is 0 Å². The molecule has 1 aromatic heterocycles. The molecule has 7 heteroatoms. The molecule has 104 valence electrons. The molecule has 2 saturated heterocycles. The van der Waals surface area contributed by atoms with Gasteiger partial charge in [-0.2, -0.15) is 4.31 Å². The summed E-state index contributed by atoms with van der Waals surface area (Å²) in [5.41, 5.74) is 0. The fourth-order valence-electron chi connectivity index (χ4n) is 2.70. The Morgan fingerprint density at radius 2 is 2.05 bits per heavy atom. The van der Waals surface area contributed by atoms with Gasteiger partial charge < -0.3 is 10.1 Å². The number of ether oxygens (including phenoxy) is 1. The predicted molar refractivity (Wildman–Crippen MR) is 70.4 cm³/mol. The molecule has 0 aromatic carbocycles. The fraction of sp³-hybridized carbons (Fsp3) is 0.583. The van der Waals surface area contributed by atoms with Crippen LogP contribution in [-0.2, 0) is 14.8 Å². The van der Waals surface area contributed by atoms with Crippen LogP contribution in [0.4, 0.5) is 5.82 Å². The van der Waals surface area contributed by atoms with E-state index in [9.17, 15) is 8.42 Å². The van der Waals surface area contributed by atoms with Gasteiger partial charge in [0, 0.05) is 26.3 Å². The van der Waals surface area contributed by atoms with E-state index >= 15 is 0 Å². The number of anilines is 1. The minimum atomic E-state index is -3.50. The topological polar surface area (TPSA) is 71.5 Å². The maximum atomic E-state index is 12.7. The summed E-state index contributed by atoms with van der Waals surface area (Å²) in [6.45, 7) is 0.883. The molecule has 19 heavy (non-hydrogen) atoms. The van der Waals surface area contributed by atoms with E-state index in [4.69, 9.17) is 4.74 Å². The Morgan fingerprint density at radius 1 is 1.37 bits per heavy atom. The van der Waals surface area contributed by atoms with Crippen LogP contribution in [0.2, 0.25) is 0 Å². The minimum absolute atomic E-state index is 0.0447. The summed E-state index contributed by atoms with van der Waals surface area (Å²) in [4.78, 5) is 4.30. The van der Waals surface area contributed by atoms with Crippen molar-refractivity contribution in [1.29, 1.82) is 0 Å². The van der Waals surface area contributed by atoms with Gasteiger partial charge in [-0.05, 0) is 25.0 Å². The lowest BCUT2D eigenvalue weighted by Gasteiger charge is -2.31. The van der Waals surface area contributed by atoms with Gasteiger partial charge in [-0.25, -0.2) is 13.4 Å². The second kappa shape index (κ2) is 4.73. The molecule has 1 aromatic rings. The van der Waals surface area contributed by atoms with Crippen molar-refractivity contribution in [2.45, 2.75) is 29.9 Å². The van der Waals surface area contributed by atoms with E-state index in [2.05, 4.69) is 10.3 Å². The highest BCUT2D eigenvalue weighted by Crippen LogP contribution is 2.31. The maximum Gasteiger partial charge on any atom is 0.246 e. The Balaban J connectivity index is 1.94. The van der Waals surface area contributed by atoms with Gasteiger partial charge in [-0.1, -0.05) is 0 Å². The number of hydrogen-bond acceptors (Lipinski definition) is 5. The van der Waals surface area contributed by atoms with E-state index in [-0.39, 0.29) is 17.1 Å². The van der Waals surface area contributed by atoms with Crippen molar-refractivity contribution in [1.82, 2.24) is 9.29 Å². The molecule has 0 amide bonds. The number of aromatic nitrogens is 1. The first-order chi connectivity index (χ1) is 9.11. The number of morpholine rings is 1. The normalized spacial score (nSPS) is 27.4. The largest absolute Gasteiger partial charge is 0.372 e. The van der Waals surface area contributed by atoms with Crippen molar-refractivity contribution in [3.8, 4) is 0 Å². The van der Waals surface area contributed by atoms with Gasteiger partial charge in [-0.15, -0.1) is 0 Å². The van der Waals surface area contributed by atoms with Crippen LogP contribution in [0, 0.1) is 0 Å². The Hall–Kier alpha value is -1.18. The molecule has 1 N–H and O–H groups in total. The highest BCUT2D eigenvalue weighted by molar-refractivity contribution is 7.89. The summed E-state index contributed by atoms with van der Waals surface area (Å²) in [6.07, 6.45) is 3.56. The number of pyridine rings is 1. The number of nitrogens with zero attached hydrogens (tertiary/aromatic N) is 2. The van der Waals surface area contributed by atoms with Crippen LogP contribution in [-0.4, -0.2) is 50.1 Å². The Kier molecular flexibility index (Phi) is 3.20. The predicted octanol–water partition coefficient (Wildman–Crippen LogP) is 0.675. The first kappa shape index (κ1) is 12.8. The molecule has 2 unspecified atom stereocenters. The lowest BCUT2D eigenvalue weighted by Crippen LogP contribution is -2.45. The average molecular weight is 283 g/mol. The van der Waals surface area contributed by atoms with Crippen LogP contribution in [0.1, 0.15) is 12.8 Å². The molecule has 2 aliphatic heterocycles. The molecule has 2 fully saturated rings. The highest BCUT2D eigenvalue weighted by Gasteiger charge is 2.40. The van der Waals surface area contributed by atoms with Gasteiger partial charge in [-0.3, -0.25) is 0 Å². The molecule has 3 rings (SSSR count). The minimum Gasteiger partial charge on any atom is -0.372 e. The van der Waals surface area contributed by atoms with Crippen molar-refractivity contribution < 1.29 is 13.2 Å². The fourth-order valence-corrected chi connectivity index (χ4v) is 4.35. The van der Waals surface area contributed by atoms with Gasteiger partial charge in [0.05, 0.1) is 12.2 Å². The summed E-state index contributed by atoms with van der Waals surface area (Å²) in [6, 6.07) is 3.23. The number of hydrogen-bond donors (Lipinski definition) is 1. The van der Waals surface area contributed by atoms with E-state index in [1.807, 2.05) is 0 Å². The maximum absolute atomic E-state index is 12.7. The van der Waals surface area contributed by atoms with E-state index in [1.54, 1.807) is 25.4 Å². The smallest absolute Gasteiger partial charge is 0.246 e. The third-order valence-electron chi connectivity index (χ3n) is 3.64. The SMILES string of the molecule is CNc1ncccc1S(=O)(=O)N1CC2CCC(C1)O2. The molecule has 0 radical (unpaired) electrons. The molecule has 0 spiro atoms.